The van der Waals surface area contributed by atoms with Gasteiger partial charge in [-0.25, -0.2) is 4.79 Å². The Kier molecular flexibility index (Phi) is 5.04. The van der Waals surface area contributed by atoms with Crippen LogP contribution in [0, 0.1) is 20.8 Å². The minimum atomic E-state index is -0.858. The molecule has 1 N–H and O–H groups in total. The SMILES string of the molecule is Cc1cc(C)c(C(=O)COC(=O)CN2C(=O)NC3(CCCC3)C2=O)c(C)c1. The van der Waals surface area contributed by atoms with E-state index in [2.05, 4.69) is 5.32 Å². The zero-order valence-corrected chi connectivity index (χ0v) is 15.9. The van der Waals surface area contributed by atoms with E-state index < -0.39 is 30.7 Å². The fourth-order valence-corrected chi connectivity index (χ4v) is 4.15. The third kappa shape index (κ3) is 3.59. The molecular weight excluding hydrogens is 348 g/mol. The van der Waals surface area contributed by atoms with Crippen molar-refractivity contribution in [2.45, 2.75) is 52.0 Å². The molecule has 1 aromatic carbocycles. The van der Waals surface area contributed by atoms with E-state index in [9.17, 15) is 19.2 Å². The van der Waals surface area contributed by atoms with Gasteiger partial charge in [-0.2, -0.15) is 0 Å². The lowest BCUT2D eigenvalue weighted by atomic mass is 9.97. The van der Waals surface area contributed by atoms with Gasteiger partial charge in [0.1, 0.15) is 12.1 Å². The number of amides is 3. The van der Waals surface area contributed by atoms with Crippen LogP contribution in [0.2, 0.25) is 0 Å². The van der Waals surface area contributed by atoms with Crippen molar-refractivity contribution < 1.29 is 23.9 Å². The summed E-state index contributed by atoms with van der Waals surface area (Å²) < 4.78 is 5.05. The standard InChI is InChI=1S/C20H24N2O5/c1-12-8-13(2)17(14(3)9-12)15(23)11-27-16(24)10-22-18(25)20(21-19(22)26)6-4-5-7-20/h8-9H,4-7,10-11H2,1-3H3,(H,21,26). The number of imide groups is 1. The molecule has 27 heavy (non-hydrogen) atoms. The van der Waals surface area contributed by atoms with Gasteiger partial charge < -0.3 is 10.1 Å². The third-order valence-corrected chi connectivity index (χ3v) is 5.31. The van der Waals surface area contributed by atoms with Crippen molar-refractivity contribution in [3.8, 4) is 0 Å². The molecule has 1 heterocycles. The molecule has 1 aliphatic carbocycles. The monoisotopic (exact) mass is 372 g/mol. The van der Waals surface area contributed by atoms with Gasteiger partial charge in [0.25, 0.3) is 5.91 Å². The van der Waals surface area contributed by atoms with E-state index in [1.807, 2.05) is 32.9 Å². The van der Waals surface area contributed by atoms with Crippen molar-refractivity contribution >= 4 is 23.7 Å². The molecule has 0 bridgehead atoms. The van der Waals surface area contributed by atoms with Crippen LogP contribution in [0.25, 0.3) is 0 Å². The average molecular weight is 372 g/mol. The van der Waals surface area contributed by atoms with Crippen LogP contribution in [-0.2, 0) is 14.3 Å². The fraction of sp³-hybridized carbons (Fsp3) is 0.500. The lowest BCUT2D eigenvalue weighted by Crippen LogP contribution is -2.44. The largest absolute Gasteiger partial charge is 0.456 e. The molecule has 0 radical (unpaired) electrons. The molecule has 1 aromatic rings. The summed E-state index contributed by atoms with van der Waals surface area (Å²) in [5.41, 5.74) is 2.38. The molecule has 1 saturated carbocycles. The second kappa shape index (κ2) is 7.13. The Balaban J connectivity index is 1.60. The number of rotatable bonds is 5. The van der Waals surface area contributed by atoms with Crippen LogP contribution in [0.15, 0.2) is 12.1 Å². The number of nitrogens with zero attached hydrogens (tertiary/aromatic N) is 1. The minimum absolute atomic E-state index is 0.303. The van der Waals surface area contributed by atoms with Gasteiger partial charge in [-0.1, -0.05) is 30.5 Å². The first-order valence-electron chi connectivity index (χ1n) is 9.14. The van der Waals surface area contributed by atoms with Crippen LogP contribution in [-0.4, -0.2) is 47.3 Å². The van der Waals surface area contributed by atoms with Crippen LogP contribution >= 0.6 is 0 Å². The maximum absolute atomic E-state index is 12.5. The van der Waals surface area contributed by atoms with Gasteiger partial charge >= 0.3 is 12.0 Å². The Morgan fingerprint density at radius 3 is 2.30 bits per heavy atom. The molecule has 7 heteroatoms. The first-order chi connectivity index (χ1) is 12.7. The van der Waals surface area contributed by atoms with Gasteiger partial charge in [-0.3, -0.25) is 19.3 Å². The Morgan fingerprint density at radius 1 is 1.11 bits per heavy atom. The van der Waals surface area contributed by atoms with Crippen LogP contribution in [0.3, 0.4) is 0 Å². The summed E-state index contributed by atoms with van der Waals surface area (Å²) in [7, 11) is 0. The van der Waals surface area contributed by atoms with Gasteiger partial charge in [0.15, 0.2) is 6.61 Å². The number of hydrogen-bond donors (Lipinski definition) is 1. The summed E-state index contributed by atoms with van der Waals surface area (Å²) >= 11 is 0. The highest BCUT2D eigenvalue weighted by Gasteiger charge is 2.52. The third-order valence-electron chi connectivity index (χ3n) is 5.31. The van der Waals surface area contributed by atoms with Crippen molar-refractivity contribution in [3.63, 3.8) is 0 Å². The molecule has 0 atom stereocenters. The average Bonchev–Trinajstić information content (AvgIpc) is 3.13. The maximum atomic E-state index is 12.5. The second-order valence-electron chi connectivity index (χ2n) is 7.47. The van der Waals surface area contributed by atoms with Crippen molar-refractivity contribution in [3.05, 3.63) is 34.4 Å². The number of aryl methyl sites for hydroxylation is 3. The highest BCUT2D eigenvalue weighted by Crippen LogP contribution is 2.34. The first-order valence-corrected chi connectivity index (χ1v) is 9.14. The number of carbonyl (C=O) groups is 4. The first kappa shape index (κ1) is 19.1. The number of nitrogens with one attached hydrogen (secondary N) is 1. The Morgan fingerprint density at radius 2 is 1.70 bits per heavy atom. The summed E-state index contributed by atoms with van der Waals surface area (Å²) in [4.78, 5) is 50.0. The molecule has 0 unspecified atom stereocenters. The summed E-state index contributed by atoms with van der Waals surface area (Å²) in [6, 6.07) is 3.22. The smallest absolute Gasteiger partial charge is 0.326 e. The van der Waals surface area contributed by atoms with E-state index in [1.54, 1.807) is 0 Å². The van der Waals surface area contributed by atoms with Crippen molar-refractivity contribution in [1.82, 2.24) is 10.2 Å². The van der Waals surface area contributed by atoms with E-state index in [1.165, 1.54) is 0 Å². The lowest BCUT2D eigenvalue weighted by Gasteiger charge is -2.19. The molecule has 1 spiro atoms. The number of Topliss-reactive ketones (excluding diaryl/α,β-unsaturated/α-hetero) is 1. The molecule has 7 nitrogen and oxygen atoms in total. The fourth-order valence-electron chi connectivity index (χ4n) is 4.15. The molecule has 3 amide bonds. The van der Waals surface area contributed by atoms with Crippen LogP contribution in [0.5, 0.6) is 0 Å². The molecule has 144 valence electrons. The highest BCUT2D eigenvalue weighted by molar-refractivity contribution is 6.09. The predicted octanol–water partition coefficient (Wildman–Crippen LogP) is 2.20. The van der Waals surface area contributed by atoms with Crippen LogP contribution in [0.1, 0.15) is 52.7 Å². The van der Waals surface area contributed by atoms with E-state index in [-0.39, 0.29) is 11.7 Å². The van der Waals surface area contributed by atoms with Crippen molar-refractivity contribution in [2.24, 2.45) is 0 Å². The Labute approximate surface area is 158 Å². The zero-order chi connectivity index (χ0) is 19.8. The number of ketones is 1. The molecule has 3 rings (SSSR count). The number of benzene rings is 1. The zero-order valence-electron chi connectivity index (χ0n) is 15.9. The number of urea groups is 1. The normalized spacial score (nSPS) is 18.1. The van der Waals surface area contributed by atoms with Crippen LogP contribution in [0.4, 0.5) is 4.79 Å². The predicted molar refractivity (Wildman–Crippen MR) is 97.4 cm³/mol. The van der Waals surface area contributed by atoms with Crippen LogP contribution < -0.4 is 5.32 Å². The number of hydrogen-bond acceptors (Lipinski definition) is 5. The Bertz CT molecular complexity index is 801. The van der Waals surface area contributed by atoms with E-state index in [0.717, 1.165) is 34.4 Å². The second-order valence-corrected chi connectivity index (χ2v) is 7.47. The summed E-state index contributed by atoms with van der Waals surface area (Å²) in [6.45, 7) is 4.72. The number of ether oxygens (including phenoxy) is 1. The van der Waals surface area contributed by atoms with Gasteiger partial charge in [0.05, 0.1) is 0 Å². The van der Waals surface area contributed by atoms with Gasteiger partial charge in [-0.05, 0) is 44.7 Å². The molecule has 0 aromatic heterocycles. The van der Waals surface area contributed by atoms with Crippen molar-refractivity contribution in [1.29, 1.82) is 0 Å². The molecule has 1 aliphatic heterocycles. The quantitative estimate of drug-likeness (QED) is 0.486. The van der Waals surface area contributed by atoms with Gasteiger partial charge in [-0.15, -0.1) is 0 Å². The molecule has 2 aliphatic rings. The molecular formula is C20H24N2O5. The summed E-state index contributed by atoms with van der Waals surface area (Å²) in [5, 5.41) is 2.71. The summed E-state index contributed by atoms with van der Waals surface area (Å²) in [6.07, 6.45) is 2.92. The maximum Gasteiger partial charge on any atom is 0.326 e. The van der Waals surface area contributed by atoms with E-state index in [4.69, 9.17) is 4.74 Å². The number of esters is 1. The van der Waals surface area contributed by atoms with Gasteiger partial charge in [0.2, 0.25) is 5.78 Å². The molecule has 1 saturated heterocycles. The van der Waals surface area contributed by atoms with Crippen molar-refractivity contribution in [2.75, 3.05) is 13.2 Å². The summed E-state index contributed by atoms with van der Waals surface area (Å²) in [5.74, 6) is -1.45. The topological polar surface area (TPSA) is 92.8 Å². The van der Waals surface area contributed by atoms with Gasteiger partial charge in [0, 0.05) is 5.56 Å². The lowest BCUT2D eigenvalue weighted by molar-refractivity contribution is -0.146. The van der Waals surface area contributed by atoms with E-state index >= 15 is 0 Å². The molecule has 2 fully saturated rings. The van der Waals surface area contributed by atoms with E-state index in [0.29, 0.717) is 18.4 Å². The minimum Gasteiger partial charge on any atom is -0.456 e. The Hall–Kier alpha value is -2.70. The number of carbonyl (C=O) groups excluding carboxylic acids is 4. The highest BCUT2D eigenvalue weighted by atomic mass is 16.5.